The predicted molar refractivity (Wildman–Crippen MR) is 85.7 cm³/mol. The Kier molecular flexibility index (Phi) is 5.55. The van der Waals surface area contributed by atoms with Crippen molar-refractivity contribution in [2.75, 3.05) is 6.54 Å². The Morgan fingerprint density at radius 2 is 2.16 bits per heavy atom. The minimum atomic E-state index is 0.353. The lowest BCUT2D eigenvalue weighted by Gasteiger charge is -2.16. The molecule has 0 saturated carbocycles. The number of nitrogens with one attached hydrogen (secondary N) is 1. The van der Waals surface area contributed by atoms with Gasteiger partial charge in [-0.2, -0.15) is 0 Å². The average molecular weight is 339 g/mol. The molecule has 0 aliphatic carbocycles. The fourth-order valence-corrected chi connectivity index (χ4v) is 3.43. The van der Waals surface area contributed by atoms with Gasteiger partial charge >= 0.3 is 0 Å². The molecule has 0 amide bonds. The maximum atomic E-state index is 4.51. The van der Waals surface area contributed by atoms with Gasteiger partial charge in [-0.3, -0.25) is 4.98 Å². The highest BCUT2D eigenvalue weighted by Gasteiger charge is 2.14. The molecular formula is C15H19BrN2S. The normalized spacial score (nSPS) is 12.6. The molecule has 0 radical (unpaired) electrons. The van der Waals surface area contributed by atoms with E-state index in [1.165, 1.54) is 14.2 Å². The van der Waals surface area contributed by atoms with Crippen LogP contribution in [-0.4, -0.2) is 11.5 Å². The summed E-state index contributed by atoms with van der Waals surface area (Å²) in [6, 6.07) is 8.91. The number of aryl methyl sites for hydroxylation is 1. The van der Waals surface area contributed by atoms with Crippen molar-refractivity contribution in [3.63, 3.8) is 0 Å². The lowest BCUT2D eigenvalue weighted by molar-refractivity contribution is 0.531. The largest absolute Gasteiger partial charge is 0.309 e. The molecule has 0 fully saturated rings. The summed E-state index contributed by atoms with van der Waals surface area (Å²) in [7, 11) is 0. The van der Waals surface area contributed by atoms with Gasteiger partial charge in [-0.15, -0.1) is 11.3 Å². The van der Waals surface area contributed by atoms with Gasteiger partial charge in [0.1, 0.15) is 0 Å². The number of hydrogen-bond donors (Lipinski definition) is 1. The van der Waals surface area contributed by atoms with Crippen molar-refractivity contribution in [1.29, 1.82) is 0 Å². The van der Waals surface area contributed by atoms with Gasteiger partial charge < -0.3 is 5.32 Å². The van der Waals surface area contributed by atoms with Crippen LogP contribution in [0.1, 0.15) is 35.5 Å². The molecule has 1 unspecified atom stereocenters. The second-order valence-corrected chi connectivity index (χ2v) is 7.17. The summed E-state index contributed by atoms with van der Waals surface area (Å²) in [4.78, 5) is 5.87. The van der Waals surface area contributed by atoms with Gasteiger partial charge in [-0.25, -0.2) is 0 Å². The van der Waals surface area contributed by atoms with Crippen LogP contribution in [0, 0.1) is 6.92 Å². The molecular weight excluding hydrogens is 320 g/mol. The van der Waals surface area contributed by atoms with Crippen LogP contribution >= 0.6 is 27.3 Å². The van der Waals surface area contributed by atoms with Gasteiger partial charge in [0.05, 0.1) is 3.79 Å². The molecule has 19 heavy (non-hydrogen) atoms. The molecule has 1 atom stereocenters. The molecule has 2 rings (SSSR count). The SMILES string of the molecule is CCCNC(Cc1ccc(C)cn1)c1ccc(Br)s1. The van der Waals surface area contributed by atoms with Gasteiger partial charge in [0.2, 0.25) is 0 Å². The summed E-state index contributed by atoms with van der Waals surface area (Å²) in [5.41, 5.74) is 2.35. The highest BCUT2D eigenvalue weighted by atomic mass is 79.9. The molecule has 2 nitrogen and oxygen atoms in total. The number of hydrogen-bond acceptors (Lipinski definition) is 3. The van der Waals surface area contributed by atoms with Gasteiger partial charge in [-0.1, -0.05) is 13.0 Å². The van der Waals surface area contributed by atoms with Crippen LogP contribution in [0.4, 0.5) is 0 Å². The molecule has 0 aliphatic rings. The minimum Gasteiger partial charge on any atom is -0.309 e. The summed E-state index contributed by atoms with van der Waals surface area (Å²) in [6.45, 7) is 5.30. The van der Waals surface area contributed by atoms with Crippen LogP contribution < -0.4 is 5.32 Å². The van der Waals surface area contributed by atoms with Crippen molar-refractivity contribution in [3.8, 4) is 0 Å². The highest BCUT2D eigenvalue weighted by molar-refractivity contribution is 9.11. The number of nitrogens with zero attached hydrogens (tertiary/aromatic N) is 1. The fraction of sp³-hybridized carbons (Fsp3) is 0.400. The second-order valence-electron chi connectivity index (χ2n) is 4.68. The van der Waals surface area contributed by atoms with Crippen LogP contribution in [0.15, 0.2) is 34.2 Å². The molecule has 2 aromatic heterocycles. The lowest BCUT2D eigenvalue weighted by Crippen LogP contribution is -2.23. The first kappa shape index (κ1) is 14.7. The Morgan fingerprint density at radius 3 is 2.74 bits per heavy atom. The lowest BCUT2D eigenvalue weighted by atomic mass is 10.1. The van der Waals surface area contributed by atoms with E-state index < -0.39 is 0 Å². The third-order valence-corrected chi connectivity index (χ3v) is 4.70. The van der Waals surface area contributed by atoms with E-state index in [0.717, 1.165) is 25.1 Å². The molecule has 0 spiro atoms. The highest BCUT2D eigenvalue weighted by Crippen LogP contribution is 2.29. The van der Waals surface area contributed by atoms with Crippen LogP contribution in [0.25, 0.3) is 0 Å². The van der Waals surface area contributed by atoms with E-state index in [9.17, 15) is 0 Å². The van der Waals surface area contributed by atoms with Crippen molar-refractivity contribution < 1.29 is 0 Å². The van der Waals surface area contributed by atoms with Crippen LogP contribution in [0.2, 0.25) is 0 Å². The third-order valence-electron chi connectivity index (χ3n) is 2.96. The number of pyridine rings is 1. The number of rotatable bonds is 6. The first-order valence-electron chi connectivity index (χ1n) is 6.59. The van der Waals surface area contributed by atoms with Crippen molar-refractivity contribution in [3.05, 3.63) is 50.4 Å². The second kappa shape index (κ2) is 7.17. The Hall–Kier alpha value is -0.710. The summed E-state index contributed by atoms with van der Waals surface area (Å²) in [5.74, 6) is 0. The predicted octanol–water partition coefficient (Wildman–Crippen LogP) is 4.50. The van der Waals surface area contributed by atoms with E-state index in [1.807, 2.05) is 6.20 Å². The van der Waals surface area contributed by atoms with Crippen LogP contribution in [0.3, 0.4) is 0 Å². The molecule has 4 heteroatoms. The van der Waals surface area contributed by atoms with E-state index in [0.29, 0.717) is 6.04 Å². The van der Waals surface area contributed by atoms with Gasteiger partial charge in [0.15, 0.2) is 0 Å². The van der Waals surface area contributed by atoms with Crippen molar-refractivity contribution in [2.24, 2.45) is 0 Å². The summed E-state index contributed by atoms with van der Waals surface area (Å²) in [6.07, 6.45) is 4.02. The molecule has 0 aliphatic heterocycles. The molecule has 102 valence electrons. The standard InChI is InChI=1S/C15H19BrN2S/c1-3-8-17-13(14-6-7-15(16)19-14)9-12-5-4-11(2)10-18-12/h4-7,10,13,17H,3,8-9H2,1-2H3. The van der Waals surface area contributed by atoms with Crippen molar-refractivity contribution in [1.82, 2.24) is 10.3 Å². The number of thiophene rings is 1. The zero-order valence-electron chi connectivity index (χ0n) is 11.3. The summed E-state index contributed by atoms with van der Waals surface area (Å²) in [5, 5.41) is 3.61. The van der Waals surface area contributed by atoms with E-state index in [4.69, 9.17) is 0 Å². The first-order chi connectivity index (χ1) is 9.19. The molecule has 2 aromatic rings. The fourth-order valence-electron chi connectivity index (χ4n) is 1.94. The van der Waals surface area contributed by atoms with E-state index in [1.54, 1.807) is 11.3 Å². The number of halogens is 1. The van der Waals surface area contributed by atoms with Crippen molar-refractivity contribution in [2.45, 2.75) is 32.7 Å². The van der Waals surface area contributed by atoms with Gasteiger partial charge in [0.25, 0.3) is 0 Å². The maximum Gasteiger partial charge on any atom is 0.0701 e. The van der Waals surface area contributed by atoms with E-state index in [-0.39, 0.29) is 0 Å². The van der Waals surface area contributed by atoms with Gasteiger partial charge in [0, 0.05) is 29.2 Å². The average Bonchev–Trinajstić information content (AvgIpc) is 2.83. The Morgan fingerprint density at radius 1 is 1.32 bits per heavy atom. The monoisotopic (exact) mass is 338 g/mol. The van der Waals surface area contributed by atoms with Crippen LogP contribution in [-0.2, 0) is 6.42 Å². The van der Waals surface area contributed by atoms with Crippen LogP contribution in [0.5, 0.6) is 0 Å². The third kappa shape index (κ3) is 4.41. The molecule has 2 heterocycles. The Bertz CT molecular complexity index is 507. The Balaban J connectivity index is 2.11. The summed E-state index contributed by atoms with van der Waals surface area (Å²) < 4.78 is 1.18. The smallest absolute Gasteiger partial charge is 0.0701 e. The first-order valence-corrected chi connectivity index (χ1v) is 8.20. The molecule has 0 bridgehead atoms. The van der Waals surface area contributed by atoms with Crippen molar-refractivity contribution >= 4 is 27.3 Å². The quantitative estimate of drug-likeness (QED) is 0.838. The minimum absolute atomic E-state index is 0.353. The van der Waals surface area contributed by atoms with E-state index >= 15 is 0 Å². The topological polar surface area (TPSA) is 24.9 Å². The Labute approximate surface area is 127 Å². The molecule has 0 aromatic carbocycles. The van der Waals surface area contributed by atoms with E-state index in [2.05, 4.69) is 64.3 Å². The molecule has 1 N–H and O–H groups in total. The molecule has 0 saturated heterocycles. The summed E-state index contributed by atoms with van der Waals surface area (Å²) >= 11 is 5.33. The maximum absolute atomic E-state index is 4.51. The zero-order chi connectivity index (χ0) is 13.7. The number of aromatic nitrogens is 1. The van der Waals surface area contributed by atoms with Gasteiger partial charge in [-0.05, 0) is 59.6 Å². The zero-order valence-corrected chi connectivity index (χ0v) is 13.7.